The average Bonchev–Trinajstić information content (AvgIpc) is 2.84. The molecule has 4 nitrogen and oxygen atoms in total. The van der Waals surface area contributed by atoms with Gasteiger partial charge in [0.15, 0.2) is 0 Å². The first kappa shape index (κ1) is 38.8. The predicted octanol–water partition coefficient (Wildman–Crippen LogP) is 9.26. The molecule has 0 bridgehead atoms. The summed E-state index contributed by atoms with van der Waals surface area (Å²) in [6.07, 6.45) is 26.6. The van der Waals surface area contributed by atoms with Crippen molar-refractivity contribution >= 4 is 0 Å². The normalized spacial score (nSPS) is 12.9. The summed E-state index contributed by atoms with van der Waals surface area (Å²) in [5.74, 6) is 0. The van der Waals surface area contributed by atoms with Crippen LogP contribution in [0.25, 0.3) is 0 Å². The van der Waals surface area contributed by atoms with Gasteiger partial charge in [0.05, 0.1) is 68.6 Å². The Morgan fingerprint density at radius 2 is 0.718 bits per heavy atom. The van der Waals surface area contributed by atoms with E-state index < -0.39 is 0 Å². The van der Waals surface area contributed by atoms with Crippen molar-refractivity contribution in [3.8, 4) is 0 Å². The Labute approximate surface area is 247 Å². The monoisotopic (exact) mass is 557 g/mol. The first-order valence-electron chi connectivity index (χ1n) is 17.3. The third-order valence-electron chi connectivity index (χ3n) is 8.17. The lowest BCUT2D eigenvalue weighted by molar-refractivity contribution is -0.871. The molecule has 39 heavy (non-hydrogen) atoms. The quantitative estimate of drug-likeness (QED) is 0.0648. The highest BCUT2D eigenvalue weighted by atomic mass is 16.5. The van der Waals surface area contributed by atoms with Crippen molar-refractivity contribution in [2.75, 3.05) is 81.8 Å². The van der Waals surface area contributed by atoms with E-state index in [0.29, 0.717) is 0 Å². The number of hydrogen-bond acceptors (Lipinski definition) is 2. The summed E-state index contributed by atoms with van der Waals surface area (Å²) in [5.41, 5.74) is 0.157. The highest BCUT2D eigenvalue weighted by Crippen LogP contribution is 2.32. The van der Waals surface area contributed by atoms with Gasteiger partial charge in [-0.1, -0.05) is 104 Å². The molecule has 0 N–H and O–H groups in total. The first-order valence-corrected chi connectivity index (χ1v) is 17.3. The lowest BCUT2D eigenvalue weighted by atomic mass is 9.80. The summed E-state index contributed by atoms with van der Waals surface area (Å²) in [5, 5.41) is 0. The molecule has 0 aliphatic rings. The number of hydrogen-bond donors (Lipinski definition) is 0. The van der Waals surface area contributed by atoms with Crippen molar-refractivity contribution in [1.29, 1.82) is 0 Å². The van der Waals surface area contributed by atoms with Gasteiger partial charge >= 0.3 is 0 Å². The summed E-state index contributed by atoms with van der Waals surface area (Å²) in [6.45, 7) is 10.6. The fourth-order valence-electron chi connectivity index (χ4n) is 5.57. The zero-order valence-corrected chi connectivity index (χ0v) is 28.6. The van der Waals surface area contributed by atoms with E-state index in [1.54, 1.807) is 0 Å². The fraction of sp³-hybridized carbons (Fsp3) is 1.00. The fourth-order valence-corrected chi connectivity index (χ4v) is 5.57. The van der Waals surface area contributed by atoms with Crippen LogP contribution in [-0.4, -0.2) is 90.8 Å². The zero-order valence-electron chi connectivity index (χ0n) is 28.6. The minimum atomic E-state index is 0.157. The standard InChI is InChI=1S/C35H76N2O2/c1-9-11-13-15-17-19-21-23-31-38-33-35(27-25-29-36(3,4)5,28-26-30-37(6,7)8)34-39-32-24-22-20-18-16-14-12-10-2/h9-34H2,1-8H3/q+2. The molecule has 4 heteroatoms. The summed E-state index contributed by atoms with van der Waals surface area (Å²) < 4.78 is 15.0. The molecule has 0 atom stereocenters. The predicted molar refractivity (Wildman–Crippen MR) is 174 cm³/mol. The van der Waals surface area contributed by atoms with Crippen molar-refractivity contribution < 1.29 is 18.4 Å². The highest BCUT2D eigenvalue weighted by Gasteiger charge is 2.32. The van der Waals surface area contributed by atoms with Crippen LogP contribution in [0, 0.1) is 5.41 Å². The van der Waals surface area contributed by atoms with Gasteiger partial charge in [-0.2, -0.15) is 0 Å². The Bertz CT molecular complexity index is 464. The van der Waals surface area contributed by atoms with Gasteiger partial charge in [-0.3, -0.25) is 0 Å². The lowest BCUT2D eigenvalue weighted by Crippen LogP contribution is -2.40. The van der Waals surface area contributed by atoms with Crippen LogP contribution in [0.5, 0.6) is 0 Å². The minimum Gasteiger partial charge on any atom is -0.381 e. The molecule has 0 saturated carbocycles. The van der Waals surface area contributed by atoms with Crippen LogP contribution in [0.15, 0.2) is 0 Å². The molecular formula is C35H76N2O2+2. The van der Waals surface area contributed by atoms with Crippen LogP contribution in [0.2, 0.25) is 0 Å². The maximum atomic E-state index is 6.46. The van der Waals surface area contributed by atoms with E-state index >= 15 is 0 Å². The van der Waals surface area contributed by atoms with Crippen LogP contribution in [0.4, 0.5) is 0 Å². The molecule has 0 amide bonds. The van der Waals surface area contributed by atoms with E-state index in [-0.39, 0.29) is 5.41 Å². The third kappa shape index (κ3) is 27.8. The van der Waals surface area contributed by atoms with E-state index in [4.69, 9.17) is 9.47 Å². The molecule has 0 unspecified atom stereocenters. The van der Waals surface area contributed by atoms with E-state index in [0.717, 1.165) is 35.4 Å². The number of quaternary nitrogens is 2. The molecule has 0 aromatic rings. The molecular weight excluding hydrogens is 480 g/mol. The molecule has 0 heterocycles. The van der Waals surface area contributed by atoms with E-state index in [9.17, 15) is 0 Å². The van der Waals surface area contributed by atoms with E-state index in [1.807, 2.05) is 0 Å². The third-order valence-corrected chi connectivity index (χ3v) is 8.17. The van der Waals surface area contributed by atoms with Gasteiger partial charge in [0, 0.05) is 18.6 Å². The second-order valence-electron chi connectivity index (χ2n) is 14.8. The molecule has 0 aliphatic carbocycles. The second-order valence-corrected chi connectivity index (χ2v) is 14.8. The molecule has 0 fully saturated rings. The van der Waals surface area contributed by atoms with Gasteiger partial charge in [0.1, 0.15) is 0 Å². The van der Waals surface area contributed by atoms with Crippen molar-refractivity contribution in [3.63, 3.8) is 0 Å². The molecule has 0 saturated heterocycles. The Kier molecular flexibility index (Phi) is 24.3. The van der Waals surface area contributed by atoms with E-state index in [2.05, 4.69) is 56.1 Å². The SMILES string of the molecule is CCCCCCCCCCOCC(CCC[N+](C)(C)C)(CCC[N+](C)(C)C)COCCCCCCCCCC. The Morgan fingerprint density at radius 1 is 0.410 bits per heavy atom. The van der Waals surface area contributed by atoms with Crippen LogP contribution >= 0.6 is 0 Å². The maximum absolute atomic E-state index is 6.46. The van der Waals surface area contributed by atoms with Gasteiger partial charge in [-0.25, -0.2) is 0 Å². The summed E-state index contributed by atoms with van der Waals surface area (Å²) in [4.78, 5) is 0. The first-order chi connectivity index (χ1) is 18.5. The Morgan fingerprint density at radius 3 is 1.03 bits per heavy atom. The van der Waals surface area contributed by atoms with Crippen LogP contribution < -0.4 is 0 Å². The molecule has 0 rings (SSSR count). The number of unbranched alkanes of at least 4 members (excludes halogenated alkanes) is 14. The summed E-state index contributed by atoms with van der Waals surface area (Å²) >= 11 is 0. The molecule has 0 aromatic heterocycles. The van der Waals surface area contributed by atoms with Crippen molar-refractivity contribution in [2.24, 2.45) is 5.41 Å². The van der Waals surface area contributed by atoms with Gasteiger partial charge in [0.25, 0.3) is 0 Å². The van der Waals surface area contributed by atoms with Crippen LogP contribution in [0.3, 0.4) is 0 Å². The van der Waals surface area contributed by atoms with Gasteiger partial charge < -0.3 is 18.4 Å². The number of rotatable bonds is 30. The van der Waals surface area contributed by atoms with Crippen molar-refractivity contribution in [2.45, 2.75) is 142 Å². The Balaban J connectivity index is 4.77. The summed E-state index contributed by atoms with van der Waals surface area (Å²) in [6, 6.07) is 0. The Hall–Kier alpha value is -0.160. The number of ether oxygens (including phenoxy) is 2. The molecule has 0 aromatic carbocycles. The van der Waals surface area contributed by atoms with Crippen LogP contribution in [-0.2, 0) is 9.47 Å². The zero-order chi connectivity index (χ0) is 29.3. The van der Waals surface area contributed by atoms with Crippen molar-refractivity contribution in [1.82, 2.24) is 0 Å². The topological polar surface area (TPSA) is 18.5 Å². The second kappa shape index (κ2) is 24.4. The minimum absolute atomic E-state index is 0.157. The smallest absolute Gasteiger partial charge is 0.0780 e. The summed E-state index contributed by atoms with van der Waals surface area (Å²) in [7, 11) is 13.9. The van der Waals surface area contributed by atoms with Gasteiger partial charge in [-0.05, 0) is 38.5 Å². The molecule has 0 spiro atoms. The highest BCUT2D eigenvalue weighted by molar-refractivity contribution is 4.80. The van der Waals surface area contributed by atoms with Crippen LogP contribution in [0.1, 0.15) is 142 Å². The maximum Gasteiger partial charge on any atom is 0.0780 e. The number of nitrogens with zero attached hydrogens (tertiary/aromatic N) is 2. The van der Waals surface area contributed by atoms with Gasteiger partial charge in [0.2, 0.25) is 0 Å². The molecule has 0 radical (unpaired) electrons. The lowest BCUT2D eigenvalue weighted by Gasteiger charge is -2.36. The van der Waals surface area contributed by atoms with Crippen molar-refractivity contribution in [3.05, 3.63) is 0 Å². The molecule has 0 aliphatic heterocycles. The average molecular weight is 557 g/mol. The van der Waals surface area contributed by atoms with E-state index in [1.165, 1.54) is 142 Å². The van der Waals surface area contributed by atoms with Gasteiger partial charge in [-0.15, -0.1) is 0 Å². The molecule has 236 valence electrons. The largest absolute Gasteiger partial charge is 0.381 e.